The van der Waals surface area contributed by atoms with Gasteiger partial charge in [-0.3, -0.25) is 4.79 Å². The zero-order valence-corrected chi connectivity index (χ0v) is 10.7. The van der Waals surface area contributed by atoms with Crippen molar-refractivity contribution >= 4 is 16.9 Å². The number of esters is 1. The lowest BCUT2D eigenvalue weighted by molar-refractivity contribution is -0.139. The minimum Gasteiger partial charge on any atom is -0.469 e. The Morgan fingerprint density at radius 2 is 1.94 bits per heavy atom. The van der Waals surface area contributed by atoms with E-state index < -0.39 is 0 Å². The molecule has 0 spiro atoms. The Hall–Kier alpha value is -1.77. The van der Waals surface area contributed by atoms with Gasteiger partial charge in [0.15, 0.2) is 0 Å². The van der Waals surface area contributed by atoms with Crippen molar-refractivity contribution in [2.45, 2.75) is 20.3 Å². The third kappa shape index (κ3) is 1.93. The predicted molar refractivity (Wildman–Crippen MR) is 68.1 cm³/mol. The van der Waals surface area contributed by atoms with E-state index in [4.69, 9.17) is 4.74 Å². The van der Waals surface area contributed by atoms with E-state index in [0.717, 1.165) is 5.56 Å². The van der Waals surface area contributed by atoms with Gasteiger partial charge in [-0.15, -0.1) is 0 Å². The van der Waals surface area contributed by atoms with Crippen molar-refractivity contribution in [1.82, 2.24) is 4.57 Å². The summed E-state index contributed by atoms with van der Waals surface area (Å²) in [7, 11) is 3.43. The minimum absolute atomic E-state index is 0.196. The van der Waals surface area contributed by atoms with Crippen LogP contribution in [-0.2, 0) is 23.0 Å². The largest absolute Gasteiger partial charge is 0.469 e. The van der Waals surface area contributed by atoms with Crippen LogP contribution in [0.4, 0.5) is 0 Å². The molecular weight excluding hydrogens is 214 g/mol. The highest BCUT2D eigenvalue weighted by molar-refractivity contribution is 5.92. The number of methoxy groups -OCH3 is 1. The van der Waals surface area contributed by atoms with Crippen molar-refractivity contribution < 1.29 is 9.53 Å². The van der Waals surface area contributed by atoms with Crippen LogP contribution in [0.5, 0.6) is 0 Å². The number of carbonyl (C=O) groups excluding carboxylic acids is 1. The van der Waals surface area contributed by atoms with Gasteiger partial charge in [-0.2, -0.15) is 0 Å². The summed E-state index contributed by atoms with van der Waals surface area (Å²) in [6.45, 7) is 4.16. The Kier molecular flexibility index (Phi) is 2.92. The fourth-order valence-electron chi connectivity index (χ4n) is 2.38. The van der Waals surface area contributed by atoms with E-state index in [-0.39, 0.29) is 5.97 Å². The Bertz CT molecular complexity index is 581. The van der Waals surface area contributed by atoms with Crippen molar-refractivity contribution in [3.63, 3.8) is 0 Å². The molecule has 0 aliphatic carbocycles. The van der Waals surface area contributed by atoms with Gasteiger partial charge in [0, 0.05) is 18.6 Å². The first kappa shape index (κ1) is 11.7. The Labute approximate surface area is 101 Å². The summed E-state index contributed by atoms with van der Waals surface area (Å²) in [5.41, 5.74) is 4.66. The van der Waals surface area contributed by atoms with E-state index in [1.807, 2.05) is 13.2 Å². The first-order chi connectivity index (χ1) is 8.04. The van der Waals surface area contributed by atoms with Crippen LogP contribution in [-0.4, -0.2) is 17.6 Å². The summed E-state index contributed by atoms with van der Waals surface area (Å²) in [6.07, 6.45) is 2.35. The molecular formula is C14H17NO2. The number of hydrogen-bond acceptors (Lipinski definition) is 2. The molecule has 0 N–H and O–H groups in total. The van der Waals surface area contributed by atoms with E-state index in [1.54, 1.807) is 0 Å². The highest BCUT2D eigenvalue weighted by atomic mass is 16.5. The minimum atomic E-state index is -0.196. The lowest BCUT2D eigenvalue weighted by Gasteiger charge is -2.04. The quantitative estimate of drug-likeness (QED) is 0.744. The first-order valence-corrected chi connectivity index (χ1v) is 5.65. The molecule has 0 unspecified atom stereocenters. The average Bonchev–Trinajstić information content (AvgIpc) is 2.62. The molecule has 0 saturated heterocycles. The van der Waals surface area contributed by atoms with Gasteiger partial charge in [-0.1, -0.05) is 12.1 Å². The van der Waals surface area contributed by atoms with Gasteiger partial charge in [0.1, 0.15) is 0 Å². The van der Waals surface area contributed by atoms with E-state index in [0.29, 0.717) is 6.42 Å². The van der Waals surface area contributed by atoms with E-state index in [1.165, 1.54) is 29.1 Å². The van der Waals surface area contributed by atoms with Gasteiger partial charge in [-0.05, 0) is 30.5 Å². The van der Waals surface area contributed by atoms with Crippen molar-refractivity contribution in [2.24, 2.45) is 7.05 Å². The number of carbonyl (C=O) groups is 1. The highest BCUT2D eigenvalue weighted by Gasteiger charge is 2.13. The normalized spacial score (nSPS) is 10.8. The second kappa shape index (κ2) is 4.24. The zero-order chi connectivity index (χ0) is 12.6. The van der Waals surface area contributed by atoms with E-state index in [9.17, 15) is 4.79 Å². The SMILES string of the molecule is COC(=O)Cc1cn(C)c2c(C)ccc(C)c12. The number of fused-ring (bicyclic) bond motifs is 1. The molecule has 0 saturated carbocycles. The van der Waals surface area contributed by atoms with Crippen molar-refractivity contribution in [3.8, 4) is 0 Å². The second-order valence-electron chi connectivity index (χ2n) is 4.44. The molecule has 0 aliphatic rings. The summed E-state index contributed by atoms with van der Waals surface area (Å²) in [6, 6.07) is 4.21. The number of aryl methyl sites for hydroxylation is 3. The third-order valence-electron chi connectivity index (χ3n) is 3.17. The molecule has 1 aromatic carbocycles. The summed E-state index contributed by atoms with van der Waals surface area (Å²) in [4.78, 5) is 11.4. The number of hydrogen-bond donors (Lipinski definition) is 0. The first-order valence-electron chi connectivity index (χ1n) is 5.65. The maximum atomic E-state index is 11.4. The lowest BCUT2D eigenvalue weighted by Crippen LogP contribution is -2.04. The Morgan fingerprint density at radius 3 is 2.59 bits per heavy atom. The van der Waals surface area contributed by atoms with Crippen LogP contribution in [0.3, 0.4) is 0 Å². The molecule has 90 valence electrons. The van der Waals surface area contributed by atoms with Crippen LogP contribution >= 0.6 is 0 Å². The maximum absolute atomic E-state index is 11.4. The number of ether oxygens (including phenoxy) is 1. The van der Waals surface area contributed by atoms with Crippen LogP contribution in [0.2, 0.25) is 0 Å². The number of benzene rings is 1. The topological polar surface area (TPSA) is 31.2 Å². The van der Waals surface area contributed by atoms with Crippen LogP contribution in [0.25, 0.3) is 10.9 Å². The smallest absolute Gasteiger partial charge is 0.310 e. The summed E-state index contributed by atoms with van der Waals surface area (Å²) in [5, 5.41) is 1.18. The molecule has 0 aliphatic heterocycles. The molecule has 1 heterocycles. The number of aromatic nitrogens is 1. The third-order valence-corrected chi connectivity index (χ3v) is 3.17. The van der Waals surface area contributed by atoms with Crippen LogP contribution in [0.15, 0.2) is 18.3 Å². The van der Waals surface area contributed by atoms with Crippen LogP contribution < -0.4 is 0 Å². The molecule has 0 atom stereocenters. The molecule has 17 heavy (non-hydrogen) atoms. The average molecular weight is 231 g/mol. The molecule has 0 bridgehead atoms. The fourth-order valence-corrected chi connectivity index (χ4v) is 2.38. The summed E-state index contributed by atoms with van der Waals surface area (Å²) in [5.74, 6) is -0.196. The van der Waals surface area contributed by atoms with Crippen LogP contribution in [0, 0.1) is 13.8 Å². The molecule has 0 radical (unpaired) electrons. The Balaban J connectivity index is 2.65. The van der Waals surface area contributed by atoms with Crippen molar-refractivity contribution in [2.75, 3.05) is 7.11 Å². The molecule has 2 rings (SSSR count). The number of nitrogens with zero attached hydrogens (tertiary/aromatic N) is 1. The zero-order valence-electron chi connectivity index (χ0n) is 10.7. The lowest BCUT2D eigenvalue weighted by atomic mass is 10.0. The van der Waals surface area contributed by atoms with Crippen molar-refractivity contribution in [1.29, 1.82) is 0 Å². The van der Waals surface area contributed by atoms with Gasteiger partial charge >= 0.3 is 5.97 Å². The second-order valence-corrected chi connectivity index (χ2v) is 4.44. The predicted octanol–water partition coefficient (Wildman–Crippen LogP) is 2.51. The standard InChI is InChI=1S/C14H17NO2/c1-9-5-6-10(2)14-13(9)11(8-15(14)3)7-12(16)17-4/h5-6,8H,7H2,1-4H3. The maximum Gasteiger partial charge on any atom is 0.310 e. The molecule has 0 fully saturated rings. The molecule has 2 aromatic rings. The molecule has 3 heteroatoms. The van der Waals surface area contributed by atoms with E-state index in [2.05, 4.69) is 30.5 Å². The number of rotatable bonds is 2. The van der Waals surface area contributed by atoms with Gasteiger partial charge in [-0.25, -0.2) is 0 Å². The van der Waals surface area contributed by atoms with Gasteiger partial charge in [0.05, 0.1) is 19.0 Å². The summed E-state index contributed by atoms with van der Waals surface area (Å²) >= 11 is 0. The van der Waals surface area contributed by atoms with Crippen LogP contribution in [0.1, 0.15) is 16.7 Å². The van der Waals surface area contributed by atoms with Crippen molar-refractivity contribution in [3.05, 3.63) is 35.0 Å². The van der Waals surface area contributed by atoms with Gasteiger partial charge in [0.25, 0.3) is 0 Å². The molecule has 1 aromatic heterocycles. The molecule has 0 amide bonds. The fraction of sp³-hybridized carbons (Fsp3) is 0.357. The monoisotopic (exact) mass is 231 g/mol. The molecule has 3 nitrogen and oxygen atoms in total. The highest BCUT2D eigenvalue weighted by Crippen LogP contribution is 2.27. The summed E-state index contributed by atoms with van der Waals surface area (Å²) < 4.78 is 6.81. The van der Waals surface area contributed by atoms with E-state index >= 15 is 0 Å². The van der Waals surface area contributed by atoms with Gasteiger partial charge in [0.2, 0.25) is 0 Å². The Morgan fingerprint density at radius 1 is 1.29 bits per heavy atom. The van der Waals surface area contributed by atoms with Gasteiger partial charge < -0.3 is 9.30 Å².